The summed E-state index contributed by atoms with van der Waals surface area (Å²) in [4.78, 5) is 44.2. The Hall–Kier alpha value is -4.15. The van der Waals surface area contributed by atoms with Gasteiger partial charge in [-0.05, 0) is 42.0 Å². The molecular formula is C26H34N6O5. The van der Waals surface area contributed by atoms with E-state index in [1.807, 2.05) is 20.8 Å². The average Bonchev–Trinajstić information content (AvgIpc) is 2.86. The van der Waals surface area contributed by atoms with Gasteiger partial charge in [0.2, 0.25) is 5.88 Å². The smallest absolute Gasteiger partial charge is 0.336 e. The normalized spacial score (nSPS) is 14.1. The number of piperidine rings is 1. The largest absolute Gasteiger partial charge is 0.481 e. The molecule has 1 aromatic carbocycles. The Labute approximate surface area is 215 Å². The third-order valence-electron chi connectivity index (χ3n) is 6.05. The second-order valence-electron chi connectivity index (χ2n) is 10.2. The van der Waals surface area contributed by atoms with Crippen LogP contribution < -0.4 is 21.1 Å². The number of hydrogen-bond donors (Lipinski definition) is 5. The van der Waals surface area contributed by atoms with Gasteiger partial charge < -0.3 is 31.1 Å². The van der Waals surface area contributed by atoms with Gasteiger partial charge in [0, 0.05) is 42.9 Å². The van der Waals surface area contributed by atoms with Crippen LogP contribution in [0.5, 0.6) is 5.88 Å². The van der Waals surface area contributed by atoms with E-state index in [9.17, 15) is 19.5 Å². The molecule has 3 rings (SSSR count). The van der Waals surface area contributed by atoms with Gasteiger partial charge in [-0.2, -0.15) is 0 Å². The minimum Gasteiger partial charge on any atom is -0.481 e. The number of nitrogens with two attached hydrogens (primary N) is 1. The summed E-state index contributed by atoms with van der Waals surface area (Å²) in [6.07, 6.45) is 1.20. The molecule has 0 unspecified atom stereocenters. The van der Waals surface area contributed by atoms with Crippen LogP contribution in [0.25, 0.3) is 11.1 Å². The molecule has 0 bridgehead atoms. The molecule has 0 radical (unpaired) electrons. The van der Waals surface area contributed by atoms with E-state index in [-0.39, 0.29) is 51.6 Å². The lowest BCUT2D eigenvalue weighted by molar-refractivity contribution is 0.0697. The summed E-state index contributed by atoms with van der Waals surface area (Å²) in [6, 6.07) is 7.33. The van der Waals surface area contributed by atoms with Crippen molar-refractivity contribution in [3.63, 3.8) is 0 Å². The highest BCUT2D eigenvalue weighted by Crippen LogP contribution is 2.30. The van der Waals surface area contributed by atoms with Crippen molar-refractivity contribution in [1.82, 2.24) is 20.5 Å². The van der Waals surface area contributed by atoms with Crippen LogP contribution in [0, 0.1) is 10.8 Å². The Morgan fingerprint density at radius 1 is 1.14 bits per heavy atom. The van der Waals surface area contributed by atoms with Gasteiger partial charge in [0.25, 0.3) is 11.8 Å². The molecule has 2 amide bonds. The number of rotatable bonds is 7. The zero-order chi connectivity index (χ0) is 27.3. The lowest BCUT2D eigenvalue weighted by Crippen LogP contribution is -2.48. The van der Waals surface area contributed by atoms with Crippen molar-refractivity contribution in [3.05, 3.63) is 47.2 Å². The van der Waals surface area contributed by atoms with Crippen LogP contribution in [-0.2, 0) is 0 Å². The highest BCUT2D eigenvalue weighted by atomic mass is 16.5. The SMILES string of the molecule is COc1ccc(-c2ccc(C(=O)NCC(C)(C)C)cc2C(=O)O)c(C(=O)NC2CCN(C(=N)N)CC2)n1. The Bertz CT molecular complexity index is 1200. The van der Waals surface area contributed by atoms with E-state index in [1.165, 1.54) is 25.3 Å². The molecule has 1 aliphatic heterocycles. The number of guanidine groups is 1. The molecule has 1 aliphatic rings. The Morgan fingerprint density at radius 3 is 2.35 bits per heavy atom. The minimum absolute atomic E-state index is 0.00161. The van der Waals surface area contributed by atoms with E-state index in [0.29, 0.717) is 38.0 Å². The third kappa shape index (κ3) is 6.96. The Morgan fingerprint density at radius 2 is 1.78 bits per heavy atom. The highest BCUT2D eigenvalue weighted by molar-refractivity contribution is 6.05. The second kappa shape index (κ2) is 11.3. The number of aromatic nitrogens is 1. The number of hydrogen-bond acceptors (Lipinski definition) is 6. The third-order valence-corrected chi connectivity index (χ3v) is 6.05. The summed E-state index contributed by atoms with van der Waals surface area (Å²) in [5.41, 5.74) is 6.07. The van der Waals surface area contributed by atoms with Gasteiger partial charge >= 0.3 is 5.97 Å². The first-order valence-corrected chi connectivity index (χ1v) is 12.0. The van der Waals surface area contributed by atoms with Crippen molar-refractivity contribution >= 4 is 23.7 Å². The number of nitrogens with one attached hydrogen (secondary N) is 3. The molecule has 0 aliphatic carbocycles. The lowest BCUT2D eigenvalue weighted by atomic mass is 9.94. The van der Waals surface area contributed by atoms with E-state index >= 15 is 0 Å². The molecule has 0 atom stereocenters. The first kappa shape index (κ1) is 27.4. The summed E-state index contributed by atoms with van der Waals surface area (Å²) in [5, 5.41) is 23.3. The van der Waals surface area contributed by atoms with Gasteiger partial charge in [0.05, 0.1) is 12.7 Å². The predicted molar refractivity (Wildman–Crippen MR) is 139 cm³/mol. The van der Waals surface area contributed by atoms with Crippen molar-refractivity contribution < 1.29 is 24.2 Å². The van der Waals surface area contributed by atoms with Gasteiger partial charge in [-0.3, -0.25) is 15.0 Å². The average molecular weight is 511 g/mol. The number of carbonyl (C=O) groups excluding carboxylic acids is 2. The number of likely N-dealkylation sites (tertiary alicyclic amines) is 1. The van der Waals surface area contributed by atoms with Crippen LogP contribution in [-0.4, -0.2) is 71.5 Å². The fraction of sp³-hybridized carbons (Fsp3) is 0.423. The summed E-state index contributed by atoms with van der Waals surface area (Å²) >= 11 is 0. The van der Waals surface area contributed by atoms with Gasteiger partial charge in [-0.1, -0.05) is 26.8 Å². The molecule has 11 heteroatoms. The minimum atomic E-state index is -1.24. The van der Waals surface area contributed by atoms with Crippen LogP contribution in [0.15, 0.2) is 30.3 Å². The maximum atomic E-state index is 13.3. The number of amides is 2. The number of pyridine rings is 1. The van der Waals surface area contributed by atoms with Crippen LogP contribution in [0.3, 0.4) is 0 Å². The van der Waals surface area contributed by atoms with Crippen LogP contribution in [0.2, 0.25) is 0 Å². The van der Waals surface area contributed by atoms with Gasteiger partial charge in [-0.15, -0.1) is 0 Å². The van der Waals surface area contributed by atoms with Gasteiger partial charge in [-0.25, -0.2) is 9.78 Å². The predicted octanol–water partition coefficient (Wildman–Crippen LogP) is 2.32. The summed E-state index contributed by atoms with van der Waals surface area (Å²) < 4.78 is 5.20. The Kier molecular flexibility index (Phi) is 8.36. The van der Waals surface area contributed by atoms with Crippen LogP contribution >= 0.6 is 0 Å². The maximum Gasteiger partial charge on any atom is 0.336 e. The quantitative estimate of drug-likeness (QED) is 0.279. The summed E-state index contributed by atoms with van der Waals surface area (Å²) in [5.74, 6) is -1.89. The molecule has 6 N–H and O–H groups in total. The molecule has 2 aromatic rings. The lowest BCUT2D eigenvalue weighted by Gasteiger charge is -2.32. The fourth-order valence-corrected chi connectivity index (χ4v) is 4.01. The molecule has 1 saturated heterocycles. The zero-order valence-corrected chi connectivity index (χ0v) is 21.6. The number of carbonyl (C=O) groups is 3. The highest BCUT2D eigenvalue weighted by Gasteiger charge is 2.26. The zero-order valence-electron chi connectivity index (χ0n) is 21.6. The number of aromatic carboxylic acids is 1. The van der Waals surface area contributed by atoms with Gasteiger partial charge in [0.15, 0.2) is 5.96 Å². The number of carboxylic acid groups (broad SMARTS) is 1. The van der Waals surface area contributed by atoms with Crippen LogP contribution in [0.1, 0.15) is 64.8 Å². The van der Waals surface area contributed by atoms with Crippen molar-refractivity contribution in [2.75, 3.05) is 26.7 Å². The standard InChI is InChI=1S/C26H34N6O5/c1-26(2,3)14-29-22(33)15-5-6-17(19(13-15)24(35)36)18-7-8-20(37-4)31-21(18)23(34)30-16-9-11-32(12-10-16)25(27)28/h5-8,13,16H,9-12,14H2,1-4H3,(H3,27,28)(H,29,33)(H,30,34)(H,35,36). The molecule has 0 saturated carbocycles. The van der Waals surface area contributed by atoms with Gasteiger partial charge in [0.1, 0.15) is 5.69 Å². The van der Waals surface area contributed by atoms with Crippen molar-refractivity contribution in [1.29, 1.82) is 5.41 Å². The number of methoxy groups -OCH3 is 1. The van der Waals surface area contributed by atoms with E-state index < -0.39 is 11.9 Å². The van der Waals surface area contributed by atoms with E-state index in [4.69, 9.17) is 15.9 Å². The van der Waals surface area contributed by atoms with Crippen molar-refractivity contribution in [2.24, 2.45) is 11.1 Å². The first-order valence-electron chi connectivity index (χ1n) is 12.0. The van der Waals surface area contributed by atoms with E-state index in [0.717, 1.165) is 0 Å². The number of nitrogens with zero attached hydrogens (tertiary/aromatic N) is 2. The second-order valence-corrected chi connectivity index (χ2v) is 10.2. The molecule has 2 heterocycles. The molecule has 198 valence electrons. The summed E-state index contributed by atoms with van der Waals surface area (Å²) in [6.45, 7) is 7.45. The molecule has 0 spiro atoms. The van der Waals surface area contributed by atoms with Crippen molar-refractivity contribution in [2.45, 2.75) is 39.7 Å². The molecule has 37 heavy (non-hydrogen) atoms. The fourth-order valence-electron chi connectivity index (χ4n) is 4.01. The maximum absolute atomic E-state index is 13.3. The van der Waals surface area contributed by atoms with E-state index in [1.54, 1.807) is 17.0 Å². The van der Waals surface area contributed by atoms with E-state index in [2.05, 4.69) is 15.6 Å². The van der Waals surface area contributed by atoms with Crippen molar-refractivity contribution in [3.8, 4) is 17.0 Å². The number of carboxylic acids is 1. The monoisotopic (exact) mass is 510 g/mol. The Balaban J connectivity index is 1.92. The molecule has 1 aromatic heterocycles. The number of benzene rings is 1. The van der Waals surface area contributed by atoms with Crippen LogP contribution in [0.4, 0.5) is 0 Å². The number of ether oxygens (including phenoxy) is 1. The first-order chi connectivity index (χ1) is 17.4. The molecular weight excluding hydrogens is 476 g/mol. The topological polar surface area (TPSA) is 171 Å². The molecule has 11 nitrogen and oxygen atoms in total. The molecule has 1 fully saturated rings. The summed E-state index contributed by atoms with van der Waals surface area (Å²) in [7, 11) is 1.43.